The zero-order chi connectivity index (χ0) is 15.9. The Hall–Kier alpha value is -2.40. The van der Waals surface area contributed by atoms with Gasteiger partial charge in [-0.15, -0.1) is 0 Å². The van der Waals surface area contributed by atoms with E-state index in [-0.39, 0.29) is 6.61 Å². The Bertz CT molecular complexity index is 626. The second kappa shape index (κ2) is 7.56. The van der Waals surface area contributed by atoms with Crippen molar-refractivity contribution in [1.82, 2.24) is 9.88 Å². The smallest absolute Gasteiger partial charge is 0.341 e. The van der Waals surface area contributed by atoms with E-state index < -0.39 is 5.97 Å². The molecule has 0 aliphatic heterocycles. The fourth-order valence-electron chi connectivity index (χ4n) is 2.17. The molecule has 1 N–H and O–H groups in total. The van der Waals surface area contributed by atoms with E-state index >= 15 is 0 Å². The van der Waals surface area contributed by atoms with Crippen molar-refractivity contribution >= 4 is 5.97 Å². The van der Waals surface area contributed by atoms with Gasteiger partial charge >= 0.3 is 5.97 Å². The predicted octanol–water partition coefficient (Wildman–Crippen LogP) is 2.49. The molecule has 0 bridgehead atoms. The Balaban J connectivity index is 1.88. The van der Waals surface area contributed by atoms with Gasteiger partial charge in [-0.1, -0.05) is 12.1 Å². The molecule has 0 radical (unpaired) electrons. The molecule has 0 aliphatic rings. The number of aromatic nitrogens is 1. The molecule has 0 aliphatic carbocycles. The fourth-order valence-corrected chi connectivity index (χ4v) is 2.17. The third kappa shape index (κ3) is 5.18. The van der Waals surface area contributed by atoms with E-state index in [9.17, 15) is 4.79 Å². The lowest BCUT2D eigenvalue weighted by Crippen LogP contribution is -2.18. The van der Waals surface area contributed by atoms with Gasteiger partial charge < -0.3 is 9.84 Å². The molecule has 0 amide bonds. The summed E-state index contributed by atoms with van der Waals surface area (Å²) in [5.41, 5.74) is 3.39. The monoisotopic (exact) mass is 300 g/mol. The quantitative estimate of drug-likeness (QED) is 0.851. The molecule has 0 spiro atoms. The predicted molar refractivity (Wildman–Crippen MR) is 83.7 cm³/mol. The van der Waals surface area contributed by atoms with Gasteiger partial charge in [-0.05, 0) is 49.4 Å². The average Bonchev–Trinajstić information content (AvgIpc) is 2.46. The van der Waals surface area contributed by atoms with Gasteiger partial charge in [0.2, 0.25) is 0 Å². The Morgan fingerprint density at radius 1 is 1.23 bits per heavy atom. The largest absolute Gasteiger partial charge is 0.482 e. The average molecular weight is 300 g/mol. The van der Waals surface area contributed by atoms with Crippen LogP contribution in [-0.4, -0.2) is 34.6 Å². The highest BCUT2D eigenvalue weighted by Gasteiger charge is 2.04. The number of pyridine rings is 1. The zero-order valence-corrected chi connectivity index (χ0v) is 12.8. The minimum Gasteiger partial charge on any atom is -0.482 e. The minimum absolute atomic E-state index is 0.321. The Labute approximate surface area is 130 Å². The van der Waals surface area contributed by atoms with E-state index in [1.54, 1.807) is 12.1 Å². The van der Waals surface area contributed by atoms with Gasteiger partial charge in [-0.25, -0.2) is 4.79 Å². The number of hydrogen-bond acceptors (Lipinski definition) is 4. The van der Waals surface area contributed by atoms with Crippen LogP contribution in [0, 0.1) is 6.92 Å². The number of benzene rings is 1. The standard InChI is InChI=1S/C17H20N2O3/c1-13-7-8-18-15(9-13)11-19(2)10-14-3-5-16(6-4-14)22-12-17(20)21/h3-9H,10-12H2,1-2H3,(H,20,21). The normalized spacial score (nSPS) is 10.7. The first-order chi connectivity index (χ1) is 10.5. The molecule has 2 rings (SSSR count). The van der Waals surface area contributed by atoms with Crippen molar-refractivity contribution in [2.24, 2.45) is 0 Å². The van der Waals surface area contributed by atoms with E-state index in [0.29, 0.717) is 5.75 Å². The number of carbonyl (C=O) groups is 1. The van der Waals surface area contributed by atoms with E-state index in [0.717, 1.165) is 24.3 Å². The molecular weight excluding hydrogens is 280 g/mol. The van der Waals surface area contributed by atoms with Gasteiger partial charge in [0, 0.05) is 19.3 Å². The number of ether oxygens (including phenoxy) is 1. The summed E-state index contributed by atoms with van der Waals surface area (Å²) < 4.78 is 5.11. The first-order valence-electron chi connectivity index (χ1n) is 7.06. The number of rotatable bonds is 7. The van der Waals surface area contributed by atoms with Crippen molar-refractivity contribution < 1.29 is 14.6 Å². The first kappa shape index (κ1) is 16.0. The molecule has 5 nitrogen and oxygen atoms in total. The van der Waals surface area contributed by atoms with Gasteiger partial charge in [0.25, 0.3) is 0 Å². The molecule has 0 saturated heterocycles. The molecule has 1 aromatic heterocycles. The van der Waals surface area contributed by atoms with Crippen LogP contribution >= 0.6 is 0 Å². The molecule has 116 valence electrons. The van der Waals surface area contributed by atoms with Crippen molar-refractivity contribution in [1.29, 1.82) is 0 Å². The van der Waals surface area contributed by atoms with Crippen LogP contribution in [0.3, 0.4) is 0 Å². The summed E-state index contributed by atoms with van der Waals surface area (Å²) in [5.74, 6) is -0.413. The topological polar surface area (TPSA) is 62.7 Å². The van der Waals surface area contributed by atoms with E-state index in [1.807, 2.05) is 31.4 Å². The fraction of sp³-hybridized carbons (Fsp3) is 0.294. The third-order valence-electron chi connectivity index (χ3n) is 3.14. The summed E-state index contributed by atoms with van der Waals surface area (Å²) in [5, 5.41) is 8.57. The zero-order valence-electron chi connectivity index (χ0n) is 12.8. The number of aliphatic carboxylic acids is 1. The van der Waals surface area contributed by atoms with Crippen LogP contribution in [0.4, 0.5) is 0 Å². The van der Waals surface area contributed by atoms with Crippen LogP contribution in [0.2, 0.25) is 0 Å². The number of hydrogen-bond donors (Lipinski definition) is 1. The molecule has 0 saturated carbocycles. The van der Waals surface area contributed by atoms with Gasteiger partial charge in [0.1, 0.15) is 5.75 Å². The molecule has 22 heavy (non-hydrogen) atoms. The SMILES string of the molecule is Cc1ccnc(CN(C)Cc2ccc(OCC(=O)O)cc2)c1. The molecular formula is C17H20N2O3. The maximum atomic E-state index is 10.4. The molecule has 1 heterocycles. The summed E-state index contributed by atoms with van der Waals surface area (Å²) in [6.07, 6.45) is 1.83. The molecule has 2 aromatic rings. The molecule has 5 heteroatoms. The van der Waals surface area contributed by atoms with E-state index in [4.69, 9.17) is 9.84 Å². The molecule has 0 unspecified atom stereocenters. The minimum atomic E-state index is -0.977. The van der Waals surface area contributed by atoms with Crippen LogP contribution in [0.15, 0.2) is 42.6 Å². The van der Waals surface area contributed by atoms with Crippen molar-refractivity contribution in [3.05, 3.63) is 59.4 Å². The van der Waals surface area contributed by atoms with E-state index in [1.165, 1.54) is 5.56 Å². The van der Waals surface area contributed by atoms with Crippen molar-refractivity contribution in [2.75, 3.05) is 13.7 Å². The Kier molecular flexibility index (Phi) is 5.49. The summed E-state index contributed by atoms with van der Waals surface area (Å²) in [7, 11) is 2.04. The summed E-state index contributed by atoms with van der Waals surface area (Å²) in [4.78, 5) is 17.0. The lowest BCUT2D eigenvalue weighted by atomic mass is 10.2. The maximum absolute atomic E-state index is 10.4. The van der Waals surface area contributed by atoms with Crippen LogP contribution in [0.25, 0.3) is 0 Å². The first-order valence-corrected chi connectivity index (χ1v) is 7.06. The molecule has 1 aromatic carbocycles. The number of carboxylic acid groups (broad SMARTS) is 1. The van der Waals surface area contributed by atoms with Crippen molar-refractivity contribution in [3.63, 3.8) is 0 Å². The van der Waals surface area contributed by atoms with Crippen molar-refractivity contribution in [3.8, 4) is 5.75 Å². The highest BCUT2D eigenvalue weighted by atomic mass is 16.5. The number of aryl methyl sites for hydroxylation is 1. The molecule has 0 atom stereocenters. The van der Waals surface area contributed by atoms with Gasteiger partial charge in [0.05, 0.1) is 5.69 Å². The summed E-state index contributed by atoms with van der Waals surface area (Å²) in [6, 6.07) is 11.5. The Morgan fingerprint density at radius 2 is 1.95 bits per heavy atom. The Morgan fingerprint density at radius 3 is 2.59 bits per heavy atom. The number of carboxylic acids is 1. The van der Waals surface area contributed by atoms with Crippen LogP contribution in [0.5, 0.6) is 5.75 Å². The second-order valence-corrected chi connectivity index (χ2v) is 5.32. The van der Waals surface area contributed by atoms with Crippen LogP contribution in [-0.2, 0) is 17.9 Å². The van der Waals surface area contributed by atoms with Crippen LogP contribution in [0.1, 0.15) is 16.8 Å². The molecule has 0 fully saturated rings. The van der Waals surface area contributed by atoms with Crippen LogP contribution < -0.4 is 4.74 Å². The number of nitrogens with zero attached hydrogens (tertiary/aromatic N) is 2. The second-order valence-electron chi connectivity index (χ2n) is 5.32. The van der Waals surface area contributed by atoms with Gasteiger partial charge in [-0.2, -0.15) is 0 Å². The summed E-state index contributed by atoms with van der Waals surface area (Å²) >= 11 is 0. The van der Waals surface area contributed by atoms with Crippen molar-refractivity contribution in [2.45, 2.75) is 20.0 Å². The lowest BCUT2D eigenvalue weighted by molar-refractivity contribution is -0.139. The highest BCUT2D eigenvalue weighted by molar-refractivity contribution is 5.68. The van der Waals surface area contributed by atoms with Gasteiger partial charge in [0.15, 0.2) is 6.61 Å². The van der Waals surface area contributed by atoms with E-state index in [2.05, 4.69) is 22.9 Å². The van der Waals surface area contributed by atoms with Gasteiger partial charge in [-0.3, -0.25) is 9.88 Å². The maximum Gasteiger partial charge on any atom is 0.341 e. The summed E-state index contributed by atoms with van der Waals surface area (Å²) in [6.45, 7) is 3.30. The highest BCUT2D eigenvalue weighted by Crippen LogP contribution is 2.14. The lowest BCUT2D eigenvalue weighted by Gasteiger charge is -2.16. The third-order valence-corrected chi connectivity index (χ3v) is 3.14.